The average molecular weight is 258 g/mol. The first kappa shape index (κ1) is 14.0. The second-order valence-electron chi connectivity index (χ2n) is 5.99. The van der Waals surface area contributed by atoms with Crippen LogP contribution in [-0.2, 0) is 9.31 Å². The van der Waals surface area contributed by atoms with E-state index < -0.39 is 7.12 Å². The minimum absolute atomic E-state index is 0.185. The third-order valence-corrected chi connectivity index (χ3v) is 4.00. The fourth-order valence-corrected chi connectivity index (χ4v) is 1.90. The summed E-state index contributed by atoms with van der Waals surface area (Å²) in [6.45, 7) is 9.92. The molecule has 1 aliphatic rings. The van der Waals surface area contributed by atoms with Crippen LogP contribution in [0, 0.1) is 11.3 Å². The Kier molecular flexibility index (Phi) is 3.42. The Morgan fingerprint density at radius 3 is 2.32 bits per heavy atom. The molecule has 0 unspecified atom stereocenters. The van der Waals surface area contributed by atoms with Gasteiger partial charge in [-0.15, -0.1) is 0 Å². The maximum atomic E-state index is 8.97. The number of hydrogen-bond donors (Lipinski definition) is 0. The number of rotatable bonds is 2. The topological polar surface area (TPSA) is 55.1 Å². The van der Waals surface area contributed by atoms with Crippen molar-refractivity contribution in [3.8, 4) is 6.07 Å². The molecule has 1 atom stereocenters. The van der Waals surface area contributed by atoms with Gasteiger partial charge in [0.25, 0.3) is 0 Å². The molecule has 0 spiro atoms. The molecular weight excluding hydrogens is 239 g/mol. The maximum Gasteiger partial charge on any atom is 0.496 e. The first-order valence-electron chi connectivity index (χ1n) is 6.47. The second kappa shape index (κ2) is 4.62. The summed E-state index contributed by atoms with van der Waals surface area (Å²) < 4.78 is 11.9. The molecule has 0 saturated carbocycles. The highest BCUT2D eigenvalue weighted by atomic mass is 16.7. The van der Waals surface area contributed by atoms with E-state index in [9.17, 15) is 0 Å². The Morgan fingerprint density at radius 1 is 1.21 bits per heavy atom. The van der Waals surface area contributed by atoms with Gasteiger partial charge in [0.05, 0.1) is 23.2 Å². The lowest BCUT2D eigenvalue weighted by Gasteiger charge is -2.32. The lowest BCUT2D eigenvalue weighted by molar-refractivity contribution is 0.00578. The normalized spacial score (nSPS) is 22.0. The van der Waals surface area contributed by atoms with Gasteiger partial charge in [-0.25, -0.2) is 0 Å². The zero-order valence-corrected chi connectivity index (χ0v) is 12.1. The maximum absolute atomic E-state index is 8.97. The fraction of sp³-hybridized carbons (Fsp3) is 0.571. The average Bonchev–Trinajstić information content (AvgIpc) is 2.58. The highest BCUT2D eigenvalue weighted by Crippen LogP contribution is 2.36. The molecule has 2 heterocycles. The molecule has 1 aromatic heterocycles. The van der Waals surface area contributed by atoms with Gasteiger partial charge in [0.2, 0.25) is 0 Å². The van der Waals surface area contributed by atoms with E-state index in [4.69, 9.17) is 14.6 Å². The van der Waals surface area contributed by atoms with E-state index in [-0.39, 0.29) is 17.1 Å². The van der Waals surface area contributed by atoms with Gasteiger partial charge in [0.15, 0.2) is 0 Å². The highest BCUT2D eigenvalue weighted by molar-refractivity contribution is 6.62. The minimum Gasteiger partial charge on any atom is -0.399 e. The quantitative estimate of drug-likeness (QED) is 0.761. The molecule has 1 fully saturated rings. The van der Waals surface area contributed by atoms with Crippen LogP contribution in [0.25, 0.3) is 0 Å². The smallest absolute Gasteiger partial charge is 0.399 e. The van der Waals surface area contributed by atoms with Crippen LogP contribution in [0.1, 0.15) is 46.1 Å². The third-order valence-electron chi connectivity index (χ3n) is 4.00. The molecule has 19 heavy (non-hydrogen) atoms. The third kappa shape index (κ3) is 2.51. The van der Waals surface area contributed by atoms with E-state index in [0.29, 0.717) is 0 Å². The molecular formula is C14H19BN2O2. The number of pyridine rings is 1. The number of nitriles is 1. The molecule has 100 valence electrons. The van der Waals surface area contributed by atoms with E-state index in [1.807, 2.05) is 40.7 Å². The monoisotopic (exact) mass is 258 g/mol. The van der Waals surface area contributed by atoms with Crippen molar-refractivity contribution >= 4 is 12.6 Å². The number of aromatic nitrogens is 1. The molecule has 1 aromatic rings. The molecule has 0 aromatic carbocycles. The summed E-state index contributed by atoms with van der Waals surface area (Å²) in [4.78, 5) is 4.18. The lowest BCUT2D eigenvalue weighted by Crippen LogP contribution is -2.41. The molecule has 0 amide bonds. The largest absolute Gasteiger partial charge is 0.496 e. The van der Waals surface area contributed by atoms with Crippen LogP contribution in [0.15, 0.2) is 18.5 Å². The summed E-state index contributed by atoms with van der Waals surface area (Å²) >= 11 is 0. The van der Waals surface area contributed by atoms with Crippen LogP contribution >= 0.6 is 0 Å². The van der Waals surface area contributed by atoms with Gasteiger partial charge in [-0.3, -0.25) is 4.98 Å². The molecule has 0 bridgehead atoms. The van der Waals surface area contributed by atoms with Crippen LogP contribution in [0.5, 0.6) is 0 Å². The highest BCUT2D eigenvalue weighted by Gasteiger charge is 2.51. The summed E-state index contributed by atoms with van der Waals surface area (Å²) in [6.07, 6.45) is 3.44. The molecule has 1 saturated heterocycles. The molecule has 0 radical (unpaired) electrons. The van der Waals surface area contributed by atoms with E-state index in [0.717, 1.165) is 11.0 Å². The van der Waals surface area contributed by atoms with Crippen LogP contribution in [0.3, 0.4) is 0 Å². The minimum atomic E-state index is -0.427. The summed E-state index contributed by atoms with van der Waals surface area (Å²) in [5.74, 6) is -0.185. The van der Waals surface area contributed by atoms with E-state index in [1.165, 1.54) is 0 Å². The zero-order chi connectivity index (χ0) is 14.3. The predicted octanol–water partition coefficient (Wildman–Crippen LogP) is 2.01. The second-order valence-corrected chi connectivity index (χ2v) is 5.99. The summed E-state index contributed by atoms with van der Waals surface area (Å²) in [5.41, 5.74) is 1.01. The number of hydrogen-bond acceptors (Lipinski definition) is 4. The predicted molar refractivity (Wildman–Crippen MR) is 74.0 cm³/mol. The Morgan fingerprint density at radius 2 is 1.79 bits per heavy atom. The summed E-state index contributed by atoms with van der Waals surface area (Å²) in [5, 5.41) is 8.97. The van der Waals surface area contributed by atoms with Gasteiger partial charge < -0.3 is 9.31 Å². The van der Waals surface area contributed by atoms with Crippen molar-refractivity contribution in [2.75, 3.05) is 0 Å². The lowest BCUT2D eigenvalue weighted by atomic mass is 9.79. The van der Waals surface area contributed by atoms with E-state index in [2.05, 4.69) is 11.1 Å². The van der Waals surface area contributed by atoms with Crippen molar-refractivity contribution in [3.63, 3.8) is 0 Å². The van der Waals surface area contributed by atoms with Crippen LogP contribution in [0.4, 0.5) is 0 Å². The van der Waals surface area contributed by atoms with Gasteiger partial charge in [-0.1, -0.05) is 6.07 Å². The molecule has 0 N–H and O–H groups in total. The van der Waals surface area contributed by atoms with Crippen LogP contribution in [-0.4, -0.2) is 23.3 Å². The van der Waals surface area contributed by atoms with Crippen molar-refractivity contribution < 1.29 is 9.31 Å². The van der Waals surface area contributed by atoms with Crippen molar-refractivity contribution in [3.05, 3.63) is 24.0 Å². The summed E-state index contributed by atoms with van der Waals surface area (Å²) in [7, 11) is -0.427. The molecule has 0 aliphatic carbocycles. The van der Waals surface area contributed by atoms with Crippen molar-refractivity contribution in [2.45, 2.75) is 51.7 Å². The molecule has 5 heteroatoms. The first-order valence-corrected chi connectivity index (χ1v) is 6.47. The molecule has 4 nitrogen and oxygen atoms in total. The Bertz CT molecular complexity index is 506. The van der Waals surface area contributed by atoms with E-state index >= 15 is 0 Å². The van der Waals surface area contributed by atoms with Gasteiger partial charge in [-0.2, -0.15) is 5.26 Å². The Labute approximate surface area is 114 Å². The van der Waals surface area contributed by atoms with E-state index in [1.54, 1.807) is 12.4 Å². The van der Waals surface area contributed by atoms with Crippen LogP contribution in [0.2, 0.25) is 0 Å². The molecule has 2 rings (SSSR count). The number of nitrogens with zero attached hydrogens (tertiary/aromatic N) is 2. The van der Waals surface area contributed by atoms with Gasteiger partial charge in [0.1, 0.15) is 0 Å². The SMILES string of the molecule is C[C@@H](C#N)c1cncc(B2OC(C)(C)C(C)(C)O2)c1. The van der Waals surface area contributed by atoms with Crippen molar-refractivity contribution in [2.24, 2.45) is 0 Å². The molecule has 1 aliphatic heterocycles. The van der Waals surface area contributed by atoms with Gasteiger partial charge in [0, 0.05) is 17.9 Å². The standard InChI is InChI=1S/C14H19BN2O2/c1-10(7-16)11-6-12(9-17-8-11)15-18-13(2,3)14(4,5)19-15/h6,8-10H,1-5H3/t10-/m0/s1. The Balaban J connectivity index is 2.28. The summed E-state index contributed by atoms with van der Waals surface area (Å²) in [6, 6.07) is 4.14. The van der Waals surface area contributed by atoms with Crippen molar-refractivity contribution in [1.29, 1.82) is 5.26 Å². The van der Waals surface area contributed by atoms with Crippen molar-refractivity contribution in [1.82, 2.24) is 4.98 Å². The van der Waals surface area contributed by atoms with Crippen LogP contribution < -0.4 is 5.46 Å². The van der Waals surface area contributed by atoms with Gasteiger partial charge in [-0.05, 0) is 40.2 Å². The Hall–Kier alpha value is -1.38. The zero-order valence-electron chi connectivity index (χ0n) is 12.1. The first-order chi connectivity index (χ1) is 8.77. The van der Waals surface area contributed by atoms with Gasteiger partial charge >= 0.3 is 7.12 Å². The fourth-order valence-electron chi connectivity index (χ4n) is 1.90.